The number of benzene rings is 1. The van der Waals surface area contributed by atoms with Crippen LogP contribution in [0.5, 0.6) is 0 Å². The summed E-state index contributed by atoms with van der Waals surface area (Å²) in [4.78, 5) is 29.1. The van der Waals surface area contributed by atoms with Crippen molar-refractivity contribution in [2.24, 2.45) is 10.9 Å². The molecule has 2 unspecified atom stereocenters. The van der Waals surface area contributed by atoms with Crippen molar-refractivity contribution >= 4 is 22.7 Å². The van der Waals surface area contributed by atoms with Gasteiger partial charge in [0.2, 0.25) is 0 Å². The van der Waals surface area contributed by atoms with Crippen molar-refractivity contribution in [1.82, 2.24) is 0 Å². The van der Waals surface area contributed by atoms with Crippen molar-refractivity contribution in [3.63, 3.8) is 0 Å². The monoisotopic (exact) mass is 368 g/mol. The van der Waals surface area contributed by atoms with Gasteiger partial charge in [-0.2, -0.15) is 5.26 Å². The SMILES string of the molecule is COC(=O)C1=C(C)N=C(C)C(C#N)C1c1ccc(F)c2c(=O)cc(C)oc12. The predicted molar refractivity (Wildman–Crippen MR) is 96.8 cm³/mol. The van der Waals surface area contributed by atoms with Crippen LogP contribution in [0.1, 0.15) is 31.1 Å². The molecule has 1 aromatic heterocycles. The molecule has 0 radical (unpaired) electrons. The Kier molecular flexibility index (Phi) is 4.66. The van der Waals surface area contributed by atoms with Gasteiger partial charge in [-0.25, -0.2) is 9.18 Å². The van der Waals surface area contributed by atoms with Crippen LogP contribution in [0.25, 0.3) is 11.0 Å². The molecular formula is C20H17FN2O4. The van der Waals surface area contributed by atoms with Crippen LogP contribution in [0.3, 0.4) is 0 Å². The molecule has 0 saturated heterocycles. The first-order valence-corrected chi connectivity index (χ1v) is 8.26. The summed E-state index contributed by atoms with van der Waals surface area (Å²) >= 11 is 0. The summed E-state index contributed by atoms with van der Waals surface area (Å²) in [6.45, 7) is 4.91. The lowest BCUT2D eigenvalue weighted by Crippen LogP contribution is -2.29. The van der Waals surface area contributed by atoms with Crippen LogP contribution in [0.4, 0.5) is 4.39 Å². The number of aryl methyl sites for hydroxylation is 1. The lowest BCUT2D eigenvalue weighted by Gasteiger charge is -2.29. The van der Waals surface area contributed by atoms with E-state index < -0.39 is 29.1 Å². The molecule has 2 heterocycles. The second kappa shape index (κ2) is 6.80. The van der Waals surface area contributed by atoms with Crippen LogP contribution in [-0.4, -0.2) is 18.8 Å². The lowest BCUT2D eigenvalue weighted by molar-refractivity contribution is -0.136. The Morgan fingerprint density at radius 1 is 1.33 bits per heavy atom. The minimum Gasteiger partial charge on any atom is -0.466 e. The molecule has 6 nitrogen and oxygen atoms in total. The highest BCUT2D eigenvalue weighted by Crippen LogP contribution is 2.41. The minimum absolute atomic E-state index is 0.0224. The number of nitriles is 1. The second-order valence-electron chi connectivity index (χ2n) is 6.39. The highest BCUT2D eigenvalue weighted by atomic mass is 19.1. The van der Waals surface area contributed by atoms with Gasteiger partial charge in [0, 0.05) is 29.0 Å². The summed E-state index contributed by atoms with van der Waals surface area (Å²) in [5.41, 5.74) is 0.972. The number of methoxy groups -OCH3 is 1. The van der Waals surface area contributed by atoms with Gasteiger partial charge in [0.15, 0.2) is 5.43 Å². The number of allylic oxidation sites excluding steroid dienone is 1. The average Bonchev–Trinajstić information content (AvgIpc) is 2.60. The third-order valence-electron chi connectivity index (χ3n) is 4.69. The molecule has 0 fully saturated rings. The van der Waals surface area contributed by atoms with Crippen molar-refractivity contribution in [2.75, 3.05) is 7.11 Å². The van der Waals surface area contributed by atoms with Crippen molar-refractivity contribution in [3.8, 4) is 6.07 Å². The molecule has 7 heteroatoms. The Morgan fingerprint density at radius 2 is 2.04 bits per heavy atom. The highest BCUT2D eigenvalue weighted by molar-refractivity contribution is 5.99. The van der Waals surface area contributed by atoms with Gasteiger partial charge in [-0.3, -0.25) is 9.79 Å². The van der Waals surface area contributed by atoms with Crippen molar-refractivity contribution in [2.45, 2.75) is 26.7 Å². The smallest absolute Gasteiger partial charge is 0.336 e. The first-order chi connectivity index (χ1) is 12.8. The Labute approximate surface area is 154 Å². The van der Waals surface area contributed by atoms with Crippen molar-refractivity contribution < 1.29 is 18.3 Å². The number of esters is 1. The summed E-state index contributed by atoms with van der Waals surface area (Å²) in [5.74, 6) is -2.65. The molecule has 27 heavy (non-hydrogen) atoms. The van der Waals surface area contributed by atoms with Crippen LogP contribution in [0.15, 0.2) is 43.7 Å². The standard InChI is InChI=1S/C20H17FN2O4/c1-9-7-15(24)18-14(21)6-5-12(19(18)27-9)17-13(8-22)10(2)23-11(3)16(17)20(25)26-4/h5-7,13,17H,1-4H3. The number of fused-ring (bicyclic) bond motifs is 1. The normalized spacial score (nSPS) is 19.6. The molecule has 1 aliphatic heterocycles. The maximum absolute atomic E-state index is 14.3. The first-order valence-electron chi connectivity index (χ1n) is 8.26. The van der Waals surface area contributed by atoms with Crippen molar-refractivity contribution in [1.29, 1.82) is 5.26 Å². The molecule has 2 aromatic rings. The quantitative estimate of drug-likeness (QED) is 0.758. The Hall–Kier alpha value is -3.27. The van der Waals surface area contributed by atoms with Crippen LogP contribution in [-0.2, 0) is 9.53 Å². The Morgan fingerprint density at radius 3 is 2.67 bits per heavy atom. The van der Waals surface area contributed by atoms with Gasteiger partial charge in [-0.05, 0) is 26.8 Å². The van der Waals surface area contributed by atoms with E-state index in [-0.39, 0.29) is 16.5 Å². The topological polar surface area (TPSA) is 92.7 Å². The molecule has 0 spiro atoms. The molecule has 0 N–H and O–H groups in total. The Balaban J connectivity index is 2.42. The third kappa shape index (κ3) is 2.93. The van der Waals surface area contributed by atoms with Gasteiger partial charge in [-0.1, -0.05) is 6.07 Å². The molecule has 2 atom stereocenters. The van der Waals surface area contributed by atoms with E-state index in [1.807, 2.05) is 0 Å². The number of carbonyl (C=O) groups excluding carboxylic acids is 1. The van der Waals surface area contributed by atoms with Gasteiger partial charge in [0.1, 0.15) is 22.5 Å². The van der Waals surface area contributed by atoms with Gasteiger partial charge in [0.25, 0.3) is 0 Å². The van der Waals surface area contributed by atoms with Gasteiger partial charge < -0.3 is 9.15 Å². The number of aliphatic imine (C=N–C) groups is 1. The second-order valence-corrected chi connectivity index (χ2v) is 6.39. The number of halogens is 1. The molecule has 1 aliphatic rings. The largest absolute Gasteiger partial charge is 0.466 e. The maximum atomic E-state index is 14.3. The third-order valence-corrected chi connectivity index (χ3v) is 4.69. The van der Waals surface area contributed by atoms with Crippen LogP contribution in [0, 0.1) is 30.0 Å². The van der Waals surface area contributed by atoms with Gasteiger partial charge >= 0.3 is 5.97 Å². The van der Waals surface area contributed by atoms with Crippen LogP contribution < -0.4 is 5.43 Å². The number of ether oxygens (including phenoxy) is 1. The molecular weight excluding hydrogens is 351 g/mol. The zero-order chi connectivity index (χ0) is 19.9. The van der Waals surface area contributed by atoms with Crippen LogP contribution >= 0.6 is 0 Å². The summed E-state index contributed by atoms with van der Waals surface area (Å²) in [7, 11) is 1.24. The summed E-state index contributed by atoms with van der Waals surface area (Å²) < 4.78 is 24.9. The number of rotatable bonds is 2. The molecule has 1 aromatic carbocycles. The highest BCUT2D eigenvalue weighted by Gasteiger charge is 2.39. The van der Waals surface area contributed by atoms with E-state index in [4.69, 9.17) is 9.15 Å². The van der Waals surface area contributed by atoms with Gasteiger partial charge in [0.05, 0.1) is 24.7 Å². The fourth-order valence-corrected chi connectivity index (χ4v) is 3.52. The van der Waals surface area contributed by atoms with E-state index in [9.17, 15) is 19.2 Å². The Bertz CT molecular complexity index is 1120. The summed E-state index contributed by atoms with van der Waals surface area (Å²) in [6.07, 6.45) is 0. The van der Waals surface area contributed by atoms with E-state index in [0.29, 0.717) is 22.7 Å². The average molecular weight is 368 g/mol. The van der Waals surface area contributed by atoms with E-state index in [1.165, 1.54) is 19.2 Å². The molecule has 138 valence electrons. The van der Waals surface area contributed by atoms with E-state index in [1.54, 1.807) is 20.8 Å². The maximum Gasteiger partial charge on any atom is 0.336 e. The number of hydrogen-bond acceptors (Lipinski definition) is 6. The molecule has 0 amide bonds. The van der Waals surface area contributed by atoms with Crippen LogP contribution in [0.2, 0.25) is 0 Å². The number of nitrogens with zero attached hydrogens (tertiary/aromatic N) is 2. The molecule has 0 aliphatic carbocycles. The fraction of sp³-hybridized carbons (Fsp3) is 0.300. The lowest BCUT2D eigenvalue weighted by atomic mass is 9.76. The molecule has 3 rings (SSSR count). The zero-order valence-electron chi connectivity index (χ0n) is 15.3. The number of hydrogen-bond donors (Lipinski definition) is 0. The first kappa shape index (κ1) is 18.5. The summed E-state index contributed by atoms with van der Waals surface area (Å²) in [5, 5.41) is 9.50. The predicted octanol–water partition coefficient (Wildman–Crippen LogP) is 3.39. The van der Waals surface area contributed by atoms with E-state index in [2.05, 4.69) is 11.1 Å². The fourth-order valence-electron chi connectivity index (χ4n) is 3.52. The number of carbonyl (C=O) groups is 1. The summed E-state index contributed by atoms with van der Waals surface area (Å²) in [6, 6.07) is 5.93. The molecule has 0 saturated carbocycles. The van der Waals surface area contributed by atoms with E-state index in [0.717, 1.165) is 6.07 Å². The van der Waals surface area contributed by atoms with Gasteiger partial charge in [-0.15, -0.1) is 0 Å². The van der Waals surface area contributed by atoms with Crippen molar-refractivity contribution in [3.05, 3.63) is 56.8 Å². The minimum atomic E-state index is -0.798. The van der Waals surface area contributed by atoms with E-state index >= 15 is 0 Å². The molecule has 0 bridgehead atoms. The zero-order valence-corrected chi connectivity index (χ0v) is 15.3.